The van der Waals surface area contributed by atoms with Crippen LogP contribution >= 0.6 is 11.3 Å². The van der Waals surface area contributed by atoms with E-state index in [1.54, 1.807) is 11.3 Å². The fraction of sp³-hybridized carbons (Fsp3) is 0.333. The topological polar surface area (TPSA) is 63.8 Å². The summed E-state index contributed by atoms with van der Waals surface area (Å²) in [6.07, 6.45) is 2.80. The third-order valence-corrected chi connectivity index (χ3v) is 3.50. The minimum atomic E-state index is 0.213. The number of nitrogens with one attached hydrogen (secondary N) is 1. The number of thiazole rings is 1. The summed E-state index contributed by atoms with van der Waals surface area (Å²) >= 11 is 1.66. The van der Waals surface area contributed by atoms with Crippen LogP contribution in [0.15, 0.2) is 23.7 Å². The van der Waals surface area contributed by atoms with Gasteiger partial charge in [0.25, 0.3) is 0 Å². The molecule has 1 atom stereocenters. The number of rotatable bonds is 4. The summed E-state index contributed by atoms with van der Waals surface area (Å²) in [4.78, 5) is 8.74. The highest BCUT2D eigenvalue weighted by molar-refractivity contribution is 7.09. The molecule has 4 nitrogen and oxygen atoms in total. The van der Waals surface area contributed by atoms with E-state index in [-0.39, 0.29) is 6.04 Å². The van der Waals surface area contributed by atoms with Crippen molar-refractivity contribution in [1.29, 1.82) is 0 Å². The molecule has 0 amide bonds. The molecular weight excluding hydrogens is 232 g/mol. The SMILES string of the molecule is CCC(Nc1ccc(N)c(C)n1)c1nccs1. The van der Waals surface area contributed by atoms with Crippen LogP contribution in [0.5, 0.6) is 0 Å². The maximum absolute atomic E-state index is 5.75. The molecule has 0 aliphatic carbocycles. The van der Waals surface area contributed by atoms with Crippen molar-refractivity contribution < 1.29 is 0 Å². The Morgan fingerprint density at radius 2 is 2.29 bits per heavy atom. The Morgan fingerprint density at radius 1 is 1.47 bits per heavy atom. The third-order valence-electron chi connectivity index (χ3n) is 2.61. The first-order valence-electron chi connectivity index (χ1n) is 5.59. The fourth-order valence-electron chi connectivity index (χ4n) is 1.58. The first kappa shape index (κ1) is 11.9. The van der Waals surface area contributed by atoms with Crippen LogP contribution in [0.25, 0.3) is 0 Å². The van der Waals surface area contributed by atoms with Crippen LogP contribution in [-0.4, -0.2) is 9.97 Å². The molecule has 0 aliphatic rings. The Kier molecular flexibility index (Phi) is 3.58. The lowest BCUT2D eigenvalue weighted by Crippen LogP contribution is -2.11. The number of nitrogen functional groups attached to an aromatic ring is 1. The molecule has 0 bridgehead atoms. The zero-order valence-electron chi connectivity index (χ0n) is 9.97. The average molecular weight is 248 g/mol. The van der Waals surface area contributed by atoms with Gasteiger partial charge in [0, 0.05) is 11.6 Å². The van der Waals surface area contributed by atoms with Crippen LogP contribution in [0.1, 0.15) is 30.1 Å². The zero-order chi connectivity index (χ0) is 12.3. The highest BCUT2D eigenvalue weighted by Crippen LogP contribution is 2.23. The molecule has 0 fully saturated rings. The van der Waals surface area contributed by atoms with Crippen molar-refractivity contribution >= 4 is 22.8 Å². The summed E-state index contributed by atoms with van der Waals surface area (Å²) < 4.78 is 0. The molecule has 17 heavy (non-hydrogen) atoms. The number of nitrogens with zero attached hydrogens (tertiary/aromatic N) is 2. The number of anilines is 2. The maximum atomic E-state index is 5.75. The predicted molar refractivity (Wildman–Crippen MR) is 72.2 cm³/mol. The zero-order valence-corrected chi connectivity index (χ0v) is 10.8. The number of nitrogens with two attached hydrogens (primary N) is 1. The van der Waals surface area contributed by atoms with Crippen molar-refractivity contribution in [2.24, 2.45) is 0 Å². The van der Waals surface area contributed by atoms with Crippen LogP contribution in [-0.2, 0) is 0 Å². The quantitative estimate of drug-likeness (QED) is 0.873. The van der Waals surface area contributed by atoms with Gasteiger partial charge in [-0.25, -0.2) is 9.97 Å². The fourth-order valence-corrected chi connectivity index (χ4v) is 2.35. The van der Waals surface area contributed by atoms with Gasteiger partial charge in [-0.2, -0.15) is 0 Å². The molecule has 1 unspecified atom stereocenters. The average Bonchev–Trinajstić information content (AvgIpc) is 2.84. The van der Waals surface area contributed by atoms with Gasteiger partial charge in [0.2, 0.25) is 0 Å². The second kappa shape index (κ2) is 5.14. The van der Waals surface area contributed by atoms with Crippen LogP contribution in [0.3, 0.4) is 0 Å². The maximum Gasteiger partial charge on any atom is 0.126 e. The number of aryl methyl sites for hydroxylation is 1. The van der Waals surface area contributed by atoms with Crippen LogP contribution in [0.2, 0.25) is 0 Å². The molecule has 0 radical (unpaired) electrons. The highest BCUT2D eigenvalue weighted by Gasteiger charge is 2.12. The summed E-state index contributed by atoms with van der Waals surface area (Å²) in [6, 6.07) is 3.99. The monoisotopic (exact) mass is 248 g/mol. The molecular formula is C12H16N4S. The molecule has 2 aromatic heterocycles. The van der Waals surface area contributed by atoms with Crippen molar-refractivity contribution in [1.82, 2.24) is 9.97 Å². The molecule has 5 heteroatoms. The molecule has 90 valence electrons. The Labute approximate surface area is 105 Å². The Hall–Kier alpha value is -1.62. The van der Waals surface area contributed by atoms with E-state index in [1.165, 1.54) is 0 Å². The minimum Gasteiger partial charge on any atom is -0.397 e. The minimum absolute atomic E-state index is 0.213. The Balaban J connectivity index is 2.16. The van der Waals surface area contributed by atoms with Crippen molar-refractivity contribution in [3.63, 3.8) is 0 Å². The lowest BCUT2D eigenvalue weighted by molar-refractivity contribution is 0.737. The lowest BCUT2D eigenvalue weighted by Gasteiger charge is -2.15. The second-order valence-corrected chi connectivity index (χ2v) is 4.77. The van der Waals surface area contributed by atoms with E-state index in [0.717, 1.165) is 28.6 Å². The van der Waals surface area contributed by atoms with Gasteiger partial charge in [-0.05, 0) is 25.5 Å². The number of aromatic nitrogens is 2. The number of hydrogen-bond acceptors (Lipinski definition) is 5. The lowest BCUT2D eigenvalue weighted by atomic mass is 10.2. The molecule has 0 spiro atoms. The van der Waals surface area contributed by atoms with Gasteiger partial charge in [-0.1, -0.05) is 6.92 Å². The van der Waals surface area contributed by atoms with Crippen LogP contribution in [0.4, 0.5) is 11.5 Å². The van der Waals surface area contributed by atoms with Gasteiger partial charge in [-0.3, -0.25) is 0 Å². The summed E-state index contributed by atoms with van der Waals surface area (Å²) in [5.41, 5.74) is 7.32. The summed E-state index contributed by atoms with van der Waals surface area (Å²) in [7, 11) is 0. The summed E-state index contributed by atoms with van der Waals surface area (Å²) in [6.45, 7) is 4.04. The van der Waals surface area contributed by atoms with Gasteiger partial charge in [0.05, 0.1) is 17.4 Å². The summed E-state index contributed by atoms with van der Waals surface area (Å²) in [5, 5.41) is 6.45. The van der Waals surface area contributed by atoms with E-state index in [1.807, 2.05) is 30.6 Å². The second-order valence-electron chi connectivity index (χ2n) is 3.85. The van der Waals surface area contributed by atoms with Gasteiger partial charge in [0.1, 0.15) is 10.8 Å². The number of pyridine rings is 1. The van der Waals surface area contributed by atoms with Crippen molar-refractivity contribution in [2.45, 2.75) is 26.3 Å². The first-order valence-corrected chi connectivity index (χ1v) is 6.47. The Bertz CT molecular complexity index is 481. The third kappa shape index (κ3) is 2.74. The molecule has 0 aliphatic heterocycles. The standard InChI is InChI=1S/C12H16N4S/c1-3-10(12-14-6-7-17-12)16-11-5-4-9(13)8(2)15-11/h4-7,10H,3,13H2,1-2H3,(H,15,16). The molecule has 0 saturated heterocycles. The summed E-state index contributed by atoms with van der Waals surface area (Å²) in [5.74, 6) is 0.846. The van der Waals surface area contributed by atoms with E-state index in [4.69, 9.17) is 5.73 Å². The highest BCUT2D eigenvalue weighted by atomic mass is 32.1. The first-order chi connectivity index (χ1) is 8.20. The molecule has 2 heterocycles. The van der Waals surface area contributed by atoms with E-state index in [2.05, 4.69) is 22.2 Å². The van der Waals surface area contributed by atoms with Gasteiger partial charge >= 0.3 is 0 Å². The van der Waals surface area contributed by atoms with Crippen molar-refractivity contribution in [3.8, 4) is 0 Å². The normalized spacial score (nSPS) is 12.4. The predicted octanol–water partition coefficient (Wildman–Crippen LogP) is 2.99. The van der Waals surface area contributed by atoms with Gasteiger partial charge < -0.3 is 11.1 Å². The van der Waals surface area contributed by atoms with Gasteiger partial charge in [0.15, 0.2) is 0 Å². The van der Waals surface area contributed by atoms with E-state index >= 15 is 0 Å². The Morgan fingerprint density at radius 3 is 2.88 bits per heavy atom. The number of hydrogen-bond donors (Lipinski definition) is 2. The van der Waals surface area contributed by atoms with E-state index < -0.39 is 0 Å². The van der Waals surface area contributed by atoms with Crippen molar-refractivity contribution in [2.75, 3.05) is 11.1 Å². The van der Waals surface area contributed by atoms with Crippen molar-refractivity contribution in [3.05, 3.63) is 34.4 Å². The molecule has 0 aromatic carbocycles. The molecule has 2 rings (SSSR count). The molecule has 0 saturated carbocycles. The van der Waals surface area contributed by atoms with E-state index in [9.17, 15) is 0 Å². The largest absolute Gasteiger partial charge is 0.397 e. The molecule has 3 N–H and O–H groups in total. The van der Waals surface area contributed by atoms with Crippen LogP contribution < -0.4 is 11.1 Å². The van der Waals surface area contributed by atoms with E-state index in [0.29, 0.717) is 0 Å². The molecule has 2 aromatic rings. The van der Waals surface area contributed by atoms with Crippen LogP contribution in [0, 0.1) is 6.92 Å². The smallest absolute Gasteiger partial charge is 0.126 e. The van der Waals surface area contributed by atoms with Gasteiger partial charge in [-0.15, -0.1) is 11.3 Å².